The van der Waals surface area contributed by atoms with Gasteiger partial charge in [-0.1, -0.05) is 61.7 Å². The first-order valence-electron chi connectivity index (χ1n) is 13.9. The Kier molecular flexibility index (Phi) is 8.63. The molecule has 0 saturated heterocycles. The second-order valence-electron chi connectivity index (χ2n) is 10.5. The lowest BCUT2D eigenvalue weighted by Crippen LogP contribution is -2.43. The van der Waals surface area contributed by atoms with Crippen molar-refractivity contribution in [1.29, 1.82) is 0 Å². The molecule has 2 amide bonds. The average molecular weight is 561 g/mol. The Hall–Kier alpha value is -3.53. The van der Waals surface area contributed by atoms with Gasteiger partial charge in [0.1, 0.15) is 0 Å². The third-order valence-corrected chi connectivity index (χ3v) is 9.68. The van der Waals surface area contributed by atoms with Crippen LogP contribution in [-0.4, -0.2) is 51.3 Å². The van der Waals surface area contributed by atoms with Gasteiger partial charge < -0.3 is 10.2 Å². The number of nitrogens with zero attached hydrogens (tertiary/aromatic N) is 2. The summed E-state index contributed by atoms with van der Waals surface area (Å²) >= 11 is 0. The van der Waals surface area contributed by atoms with Crippen molar-refractivity contribution in [2.45, 2.75) is 60.9 Å². The van der Waals surface area contributed by atoms with Crippen molar-refractivity contribution in [3.05, 3.63) is 89.5 Å². The highest BCUT2D eigenvalue weighted by Crippen LogP contribution is 2.36. The van der Waals surface area contributed by atoms with Gasteiger partial charge in [0.25, 0.3) is 11.8 Å². The molecule has 3 aromatic rings. The molecule has 210 valence electrons. The van der Waals surface area contributed by atoms with E-state index in [0.717, 1.165) is 18.5 Å². The predicted molar refractivity (Wildman–Crippen MR) is 155 cm³/mol. The topological polar surface area (TPSA) is 98.8 Å². The first-order chi connectivity index (χ1) is 19.4. The van der Waals surface area contributed by atoms with Crippen molar-refractivity contribution in [2.75, 3.05) is 25.1 Å². The Bertz CT molecular complexity index is 1470. The SMILES string of the molecule is CN(CCCNC(=O)c1ccc2c(c1)N(NCc1ccccc1)C(=O)c1ccccc1S2(=O)=O)C1CCCCC1. The van der Waals surface area contributed by atoms with Gasteiger partial charge in [0, 0.05) is 24.7 Å². The van der Waals surface area contributed by atoms with Gasteiger partial charge in [-0.15, -0.1) is 0 Å². The maximum absolute atomic E-state index is 13.7. The zero-order valence-electron chi connectivity index (χ0n) is 22.8. The molecule has 0 spiro atoms. The molecule has 1 saturated carbocycles. The van der Waals surface area contributed by atoms with Crippen LogP contribution in [0.1, 0.15) is 64.8 Å². The van der Waals surface area contributed by atoms with Gasteiger partial charge in [-0.05, 0) is 68.8 Å². The van der Waals surface area contributed by atoms with Gasteiger partial charge >= 0.3 is 0 Å². The lowest BCUT2D eigenvalue weighted by Gasteiger charge is -2.31. The number of sulfone groups is 1. The number of carbonyl (C=O) groups excluding carboxylic acids is 2. The fraction of sp³-hybridized carbons (Fsp3) is 0.355. The summed E-state index contributed by atoms with van der Waals surface area (Å²) in [5.41, 5.74) is 4.52. The minimum absolute atomic E-state index is 0.0305. The van der Waals surface area contributed by atoms with Crippen LogP contribution in [0, 0.1) is 0 Å². The highest BCUT2D eigenvalue weighted by Gasteiger charge is 2.36. The van der Waals surface area contributed by atoms with Gasteiger partial charge in [-0.2, -0.15) is 0 Å². The van der Waals surface area contributed by atoms with Gasteiger partial charge in [-0.25, -0.2) is 18.9 Å². The summed E-state index contributed by atoms with van der Waals surface area (Å²) < 4.78 is 27.3. The van der Waals surface area contributed by atoms with Crippen LogP contribution >= 0.6 is 0 Å². The summed E-state index contributed by atoms with van der Waals surface area (Å²) in [6.45, 7) is 1.70. The van der Waals surface area contributed by atoms with Crippen LogP contribution in [0.3, 0.4) is 0 Å². The van der Waals surface area contributed by atoms with E-state index in [4.69, 9.17) is 0 Å². The Morgan fingerprint density at radius 2 is 1.68 bits per heavy atom. The summed E-state index contributed by atoms with van der Waals surface area (Å²) in [6.07, 6.45) is 7.17. The summed E-state index contributed by atoms with van der Waals surface area (Å²) in [7, 11) is -1.86. The highest BCUT2D eigenvalue weighted by molar-refractivity contribution is 7.91. The monoisotopic (exact) mass is 560 g/mol. The number of hydrogen-bond donors (Lipinski definition) is 2. The smallest absolute Gasteiger partial charge is 0.274 e. The number of nitrogens with one attached hydrogen (secondary N) is 2. The van der Waals surface area contributed by atoms with Crippen molar-refractivity contribution in [3.63, 3.8) is 0 Å². The van der Waals surface area contributed by atoms with Gasteiger partial charge in [-0.3, -0.25) is 9.59 Å². The molecule has 1 fully saturated rings. The molecule has 0 radical (unpaired) electrons. The maximum atomic E-state index is 13.7. The van der Waals surface area contributed by atoms with Crippen LogP contribution in [0.5, 0.6) is 0 Å². The number of amides is 2. The van der Waals surface area contributed by atoms with Gasteiger partial charge in [0.2, 0.25) is 9.84 Å². The number of fused-ring (bicyclic) bond motifs is 2. The van der Waals surface area contributed by atoms with Gasteiger partial charge in [0.15, 0.2) is 0 Å². The largest absolute Gasteiger partial charge is 0.352 e. The molecule has 1 heterocycles. The molecule has 1 aliphatic carbocycles. The predicted octanol–water partition coefficient (Wildman–Crippen LogP) is 4.57. The minimum atomic E-state index is -4.01. The lowest BCUT2D eigenvalue weighted by molar-refractivity contribution is 0.0945. The molecule has 5 rings (SSSR count). The first-order valence-corrected chi connectivity index (χ1v) is 15.4. The highest BCUT2D eigenvalue weighted by atomic mass is 32.2. The molecule has 3 aromatic carbocycles. The molecule has 2 aliphatic rings. The Morgan fingerprint density at radius 1 is 0.950 bits per heavy atom. The van der Waals surface area contributed by atoms with Crippen LogP contribution < -0.4 is 15.8 Å². The summed E-state index contributed by atoms with van der Waals surface area (Å²) in [4.78, 5) is 29.1. The molecule has 9 heteroatoms. The standard InChI is InChI=1S/C31H36N4O4S/c1-34(25-13-6-3-7-14-25)20-10-19-32-30(36)24-17-18-29-27(21-24)35(33-22-23-11-4-2-5-12-23)31(37)26-15-8-9-16-28(26)40(29,38)39/h2,4-5,8-9,11-12,15-18,21,25,33H,3,6-7,10,13-14,19-20,22H2,1H3,(H,32,36). The van der Waals surface area contributed by atoms with Crippen molar-refractivity contribution >= 4 is 27.3 Å². The van der Waals surface area contributed by atoms with Crippen molar-refractivity contribution in [3.8, 4) is 0 Å². The van der Waals surface area contributed by atoms with Crippen LogP contribution in [0.2, 0.25) is 0 Å². The third kappa shape index (κ3) is 5.96. The van der Waals surface area contributed by atoms with Crippen molar-refractivity contribution < 1.29 is 18.0 Å². The minimum Gasteiger partial charge on any atom is -0.352 e. The summed E-state index contributed by atoms with van der Waals surface area (Å²) in [5, 5.41) is 4.21. The summed E-state index contributed by atoms with van der Waals surface area (Å²) in [6, 6.07) is 20.7. The first kappa shape index (κ1) is 28.0. The van der Waals surface area contributed by atoms with Crippen LogP contribution in [0.25, 0.3) is 0 Å². The van der Waals surface area contributed by atoms with E-state index in [1.807, 2.05) is 30.3 Å². The Balaban J connectivity index is 1.36. The van der Waals surface area contributed by atoms with E-state index in [1.54, 1.807) is 12.1 Å². The molecular weight excluding hydrogens is 524 g/mol. The van der Waals surface area contributed by atoms with Crippen LogP contribution in [0.4, 0.5) is 5.69 Å². The quantitative estimate of drug-likeness (QED) is 0.372. The Morgan fingerprint density at radius 3 is 2.45 bits per heavy atom. The van der Waals surface area contributed by atoms with Gasteiger partial charge in [0.05, 0.1) is 21.0 Å². The number of benzene rings is 3. The van der Waals surface area contributed by atoms with E-state index in [2.05, 4.69) is 22.7 Å². The fourth-order valence-electron chi connectivity index (χ4n) is 5.55. The third-order valence-electron chi connectivity index (χ3n) is 7.82. The van der Waals surface area contributed by atoms with E-state index in [1.165, 1.54) is 67.4 Å². The molecule has 0 aromatic heterocycles. The Labute approximate surface area is 236 Å². The zero-order chi connectivity index (χ0) is 28.1. The molecule has 40 heavy (non-hydrogen) atoms. The van der Waals surface area contributed by atoms with Crippen LogP contribution in [-0.2, 0) is 16.4 Å². The van der Waals surface area contributed by atoms with Crippen LogP contribution in [0.15, 0.2) is 82.6 Å². The van der Waals surface area contributed by atoms with E-state index in [9.17, 15) is 18.0 Å². The number of hydrogen-bond acceptors (Lipinski definition) is 6. The molecule has 0 bridgehead atoms. The molecule has 2 N–H and O–H groups in total. The van der Waals surface area contributed by atoms with Crippen molar-refractivity contribution in [1.82, 2.24) is 15.6 Å². The zero-order valence-corrected chi connectivity index (χ0v) is 23.6. The molecule has 8 nitrogen and oxygen atoms in total. The molecule has 0 unspecified atom stereocenters. The second kappa shape index (κ2) is 12.3. The molecular formula is C31H36N4O4S. The normalized spacial score (nSPS) is 16.8. The number of anilines is 1. The van der Waals surface area contributed by atoms with Crippen molar-refractivity contribution in [2.24, 2.45) is 0 Å². The lowest BCUT2D eigenvalue weighted by atomic mass is 9.94. The average Bonchev–Trinajstić information content (AvgIpc) is 3.06. The van der Waals surface area contributed by atoms with E-state index < -0.39 is 15.7 Å². The second-order valence-corrected chi connectivity index (χ2v) is 12.4. The maximum Gasteiger partial charge on any atom is 0.274 e. The molecule has 1 aliphatic heterocycles. The van der Waals surface area contributed by atoms with E-state index >= 15 is 0 Å². The number of hydrazine groups is 1. The van der Waals surface area contributed by atoms with E-state index in [0.29, 0.717) is 24.7 Å². The summed E-state index contributed by atoms with van der Waals surface area (Å²) in [5.74, 6) is -0.810. The molecule has 0 atom stereocenters. The number of carbonyl (C=O) groups is 2. The number of rotatable bonds is 9. The fourth-order valence-corrected chi connectivity index (χ4v) is 7.16. The van der Waals surface area contributed by atoms with E-state index in [-0.39, 0.29) is 26.9 Å².